The van der Waals surface area contributed by atoms with Crippen LogP contribution in [-0.2, 0) is 39.9 Å². The van der Waals surface area contributed by atoms with Crippen molar-refractivity contribution in [3.8, 4) is 0 Å². The summed E-state index contributed by atoms with van der Waals surface area (Å²) >= 11 is 0. The van der Waals surface area contributed by atoms with Gasteiger partial charge in [-0.2, -0.15) is 0 Å². The Hall–Kier alpha value is -1.96. The van der Waals surface area contributed by atoms with Crippen LogP contribution >= 0.6 is 0 Å². The number of carbonyl (C=O) groups excluding carboxylic acids is 2. The van der Waals surface area contributed by atoms with Crippen molar-refractivity contribution in [2.24, 2.45) is 0 Å². The quantitative estimate of drug-likeness (QED) is 0.684. The molecule has 0 spiro atoms. The fraction of sp³-hybridized carbons (Fsp3) is 0.556. The lowest BCUT2D eigenvalue weighted by Gasteiger charge is -2.38. The Balaban J connectivity index is 1.58. The highest BCUT2D eigenvalue weighted by Gasteiger charge is 2.55. The number of benzene rings is 1. The van der Waals surface area contributed by atoms with Gasteiger partial charge in [0.2, 0.25) is 0 Å². The molecule has 0 amide bonds. The lowest BCUT2D eigenvalue weighted by Crippen LogP contribution is -2.55. The van der Waals surface area contributed by atoms with Crippen LogP contribution in [0.2, 0.25) is 0 Å². The molecule has 0 N–H and O–H groups in total. The van der Waals surface area contributed by atoms with Gasteiger partial charge in [-0.05, 0) is 12.0 Å². The van der Waals surface area contributed by atoms with E-state index in [0.29, 0.717) is 19.8 Å². The van der Waals surface area contributed by atoms with Crippen LogP contribution < -0.4 is 0 Å². The van der Waals surface area contributed by atoms with Crippen LogP contribution in [0.1, 0.15) is 18.9 Å². The van der Waals surface area contributed by atoms with Crippen LogP contribution in [0.4, 0.5) is 0 Å². The zero-order chi connectivity index (χ0) is 17.7. The average molecular weight is 350 g/mol. The first kappa shape index (κ1) is 17.8. The molecule has 2 saturated heterocycles. The monoisotopic (exact) mass is 350 g/mol. The molecule has 3 atom stereocenters. The van der Waals surface area contributed by atoms with Crippen molar-refractivity contribution in [3.63, 3.8) is 0 Å². The van der Waals surface area contributed by atoms with Crippen molar-refractivity contribution in [1.29, 1.82) is 0 Å². The van der Waals surface area contributed by atoms with Crippen molar-refractivity contribution >= 4 is 11.9 Å². The highest BCUT2D eigenvalue weighted by atomic mass is 16.6. The van der Waals surface area contributed by atoms with Crippen molar-refractivity contribution in [3.05, 3.63) is 35.9 Å². The number of esters is 2. The second kappa shape index (κ2) is 7.95. The first-order valence-corrected chi connectivity index (χ1v) is 8.29. The molecule has 7 heteroatoms. The van der Waals surface area contributed by atoms with Gasteiger partial charge in [0, 0.05) is 6.92 Å². The molecule has 2 bridgehead atoms. The molecule has 2 fully saturated rings. The van der Waals surface area contributed by atoms with Gasteiger partial charge in [0.1, 0.15) is 12.7 Å². The highest BCUT2D eigenvalue weighted by Crippen LogP contribution is 2.37. The van der Waals surface area contributed by atoms with Gasteiger partial charge in [0.05, 0.1) is 25.9 Å². The van der Waals surface area contributed by atoms with E-state index in [-0.39, 0.29) is 18.8 Å². The summed E-state index contributed by atoms with van der Waals surface area (Å²) in [6.45, 7) is 2.08. The Bertz CT molecular complexity index is 599. The standard InChI is InChI=1S/C18H22O7/c1-13(19)21-10-16(20)24-12-18-11-23-15(7-8-25-18)17(18)22-9-14-5-3-2-4-6-14/h2-6,15,17H,7-12H2,1H3. The molecule has 2 aliphatic rings. The number of hydrogen-bond acceptors (Lipinski definition) is 7. The molecule has 2 aliphatic heterocycles. The van der Waals surface area contributed by atoms with Gasteiger partial charge in [-0.3, -0.25) is 4.79 Å². The minimum absolute atomic E-state index is 0.00303. The van der Waals surface area contributed by atoms with Crippen LogP contribution in [0.15, 0.2) is 30.3 Å². The van der Waals surface area contributed by atoms with Gasteiger partial charge in [-0.25, -0.2) is 4.79 Å². The molecule has 25 heavy (non-hydrogen) atoms. The lowest BCUT2D eigenvalue weighted by molar-refractivity contribution is -0.191. The van der Waals surface area contributed by atoms with E-state index in [9.17, 15) is 9.59 Å². The van der Waals surface area contributed by atoms with E-state index >= 15 is 0 Å². The van der Waals surface area contributed by atoms with E-state index in [2.05, 4.69) is 4.74 Å². The molecule has 0 aliphatic carbocycles. The van der Waals surface area contributed by atoms with Gasteiger partial charge < -0.3 is 23.7 Å². The summed E-state index contributed by atoms with van der Waals surface area (Å²) in [5.41, 5.74) is 0.235. The first-order chi connectivity index (χ1) is 12.1. The van der Waals surface area contributed by atoms with E-state index in [1.807, 2.05) is 30.3 Å². The number of ether oxygens (including phenoxy) is 5. The molecule has 136 valence electrons. The molecular formula is C18H22O7. The minimum Gasteiger partial charge on any atom is -0.460 e. The predicted octanol–water partition coefficient (Wildman–Crippen LogP) is 1.24. The van der Waals surface area contributed by atoms with Crippen molar-refractivity contribution in [2.75, 3.05) is 26.4 Å². The SMILES string of the molecule is CC(=O)OCC(=O)OCC12COC(CCO1)C2OCc1ccccc1. The average Bonchev–Trinajstić information content (AvgIpc) is 2.81. The molecule has 1 aromatic rings. The Morgan fingerprint density at radius 3 is 2.80 bits per heavy atom. The Labute approximate surface area is 146 Å². The summed E-state index contributed by atoms with van der Waals surface area (Å²) in [6, 6.07) is 9.82. The topological polar surface area (TPSA) is 80.3 Å². The van der Waals surface area contributed by atoms with Gasteiger partial charge in [0.15, 0.2) is 12.2 Å². The van der Waals surface area contributed by atoms with Crippen LogP contribution in [0.3, 0.4) is 0 Å². The number of rotatable bonds is 7. The summed E-state index contributed by atoms with van der Waals surface area (Å²) in [4.78, 5) is 22.5. The normalized spacial score (nSPS) is 27.7. The number of fused-ring (bicyclic) bond motifs is 2. The van der Waals surface area contributed by atoms with Crippen LogP contribution in [0.25, 0.3) is 0 Å². The second-order valence-corrected chi connectivity index (χ2v) is 6.21. The molecular weight excluding hydrogens is 328 g/mol. The van der Waals surface area contributed by atoms with E-state index in [0.717, 1.165) is 12.0 Å². The van der Waals surface area contributed by atoms with Gasteiger partial charge in [-0.1, -0.05) is 30.3 Å². The number of hydrogen-bond donors (Lipinski definition) is 0. The smallest absolute Gasteiger partial charge is 0.344 e. The summed E-state index contributed by atoms with van der Waals surface area (Å²) in [5, 5.41) is 0. The molecule has 3 rings (SSSR count). The first-order valence-electron chi connectivity index (χ1n) is 8.29. The summed E-state index contributed by atoms with van der Waals surface area (Å²) in [5.74, 6) is -1.15. The van der Waals surface area contributed by atoms with E-state index < -0.39 is 24.1 Å². The summed E-state index contributed by atoms with van der Waals surface area (Å²) in [7, 11) is 0. The fourth-order valence-electron chi connectivity index (χ4n) is 3.08. The molecule has 7 nitrogen and oxygen atoms in total. The van der Waals surface area contributed by atoms with Gasteiger partial charge >= 0.3 is 11.9 Å². The van der Waals surface area contributed by atoms with Crippen LogP contribution in [-0.4, -0.2) is 56.2 Å². The zero-order valence-electron chi connectivity index (χ0n) is 14.1. The van der Waals surface area contributed by atoms with Crippen molar-refractivity contribution in [1.82, 2.24) is 0 Å². The maximum absolute atomic E-state index is 11.7. The summed E-state index contributed by atoms with van der Waals surface area (Å²) in [6.07, 6.45) is 0.343. The molecule has 0 aromatic heterocycles. The molecule has 3 unspecified atom stereocenters. The van der Waals surface area contributed by atoms with Crippen LogP contribution in [0, 0.1) is 0 Å². The van der Waals surface area contributed by atoms with Crippen molar-refractivity contribution in [2.45, 2.75) is 37.8 Å². The Morgan fingerprint density at radius 2 is 2.04 bits per heavy atom. The van der Waals surface area contributed by atoms with E-state index in [1.165, 1.54) is 6.92 Å². The van der Waals surface area contributed by atoms with Crippen LogP contribution in [0.5, 0.6) is 0 Å². The Kier molecular flexibility index (Phi) is 5.67. The molecule has 0 saturated carbocycles. The van der Waals surface area contributed by atoms with E-state index in [4.69, 9.17) is 18.9 Å². The van der Waals surface area contributed by atoms with Crippen molar-refractivity contribution < 1.29 is 33.3 Å². The second-order valence-electron chi connectivity index (χ2n) is 6.21. The largest absolute Gasteiger partial charge is 0.460 e. The highest BCUT2D eigenvalue weighted by molar-refractivity contribution is 5.75. The predicted molar refractivity (Wildman–Crippen MR) is 85.7 cm³/mol. The summed E-state index contributed by atoms with van der Waals surface area (Å²) < 4.78 is 27.6. The third-order valence-electron chi connectivity index (χ3n) is 4.33. The fourth-order valence-corrected chi connectivity index (χ4v) is 3.08. The lowest BCUT2D eigenvalue weighted by atomic mass is 9.93. The minimum atomic E-state index is -0.816. The third-order valence-corrected chi connectivity index (χ3v) is 4.33. The van der Waals surface area contributed by atoms with Gasteiger partial charge in [0.25, 0.3) is 0 Å². The maximum atomic E-state index is 11.7. The number of carbonyl (C=O) groups is 2. The molecule has 2 heterocycles. The Morgan fingerprint density at radius 1 is 1.24 bits per heavy atom. The van der Waals surface area contributed by atoms with E-state index in [1.54, 1.807) is 0 Å². The zero-order valence-corrected chi connectivity index (χ0v) is 14.1. The molecule has 1 aromatic carbocycles. The maximum Gasteiger partial charge on any atom is 0.344 e. The molecule has 0 radical (unpaired) electrons. The van der Waals surface area contributed by atoms with Gasteiger partial charge in [-0.15, -0.1) is 0 Å². The third kappa shape index (κ3) is 4.36.